The lowest BCUT2D eigenvalue weighted by atomic mass is 10.0. The number of hydrogen-bond donors (Lipinski definition) is 1. The molecular formula is C12H7F2NO4. The van der Waals surface area contributed by atoms with Crippen molar-refractivity contribution in [1.29, 1.82) is 5.26 Å². The molecule has 0 aliphatic carbocycles. The molecule has 0 unspecified atom stereocenters. The van der Waals surface area contributed by atoms with Crippen LogP contribution in [0.3, 0.4) is 0 Å². The minimum Gasteiger partial charge on any atom is -0.478 e. The Morgan fingerprint density at radius 2 is 2.16 bits per heavy atom. The average Bonchev–Trinajstić information content (AvgIpc) is 2.35. The van der Waals surface area contributed by atoms with E-state index in [0.29, 0.717) is 0 Å². The third kappa shape index (κ3) is 3.61. The van der Waals surface area contributed by atoms with Crippen LogP contribution in [0.4, 0.5) is 8.78 Å². The van der Waals surface area contributed by atoms with E-state index in [4.69, 9.17) is 10.4 Å². The van der Waals surface area contributed by atoms with Crippen LogP contribution in [0.2, 0.25) is 0 Å². The van der Waals surface area contributed by atoms with Gasteiger partial charge in [0, 0.05) is 11.6 Å². The summed E-state index contributed by atoms with van der Waals surface area (Å²) in [7, 11) is 0. The molecule has 0 amide bonds. The predicted molar refractivity (Wildman–Crippen MR) is 59.8 cm³/mol. The number of aliphatic carboxylic acids is 1. The highest BCUT2D eigenvalue weighted by molar-refractivity contribution is 5.91. The maximum Gasteiger partial charge on any atom is 0.387 e. The van der Waals surface area contributed by atoms with Crippen molar-refractivity contribution in [3.05, 3.63) is 34.9 Å². The highest BCUT2D eigenvalue weighted by atomic mass is 19.3. The van der Waals surface area contributed by atoms with Crippen LogP contribution in [0.1, 0.15) is 21.5 Å². The van der Waals surface area contributed by atoms with E-state index in [1.165, 1.54) is 6.07 Å². The molecule has 0 aliphatic heterocycles. The maximum atomic E-state index is 12.1. The molecule has 0 spiro atoms. The summed E-state index contributed by atoms with van der Waals surface area (Å²) in [5.41, 5.74) is -0.462. The van der Waals surface area contributed by atoms with Crippen molar-refractivity contribution in [2.24, 2.45) is 0 Å². The highest BCUT2D eigenvalue weighted by Crippen LogP contribution is 2.26. The van der Waals surface area contributed by atoms with Crippen molar-refractivity contribution in [3.8, 4) is 11.8 Å². The van der Waals surface area contributed by atoms with Gasteiger partial charge < -0.3 is 9.84 Å². The second-order valence-electron chi connectivity index (χ2n) is 3.22. The third-order valence-corrected chi connectivity index (χ3v) is 2.09. The number of benzene rings is 1. The van der Waals surface area contributed by atoms with E-state index < -0.39 is 18.3 Å². The maximum absolute atomic E-state index is 12.1. The van der Waals surface area contributed by atoms with Crippen molar-refractivity contribution >= 4 is 18.3 Å². The van der Waals surface area contributed by atoms with Crippen LogP contribution in [-0.4, -0.2) is 24.0 Å². The first-order valence-corrected chi connectivity index (χ1v) is 4.87. The van der Waals surface area contributed by atoms with Crippen molar-refractivity contribution in [2.45, 2.75) is 6.61 Å². The molecule has 0 bridgehead atoms. The smallest absolute Gasteiger partial charge is 0.387 e. The summed E-state index contributed by atoms with van der Waals surface area (Å²) >= 11 is 0. The molecule has 0 fully saturated rings. The van der Waals surface area contributed by atoms with Gasteiger partial charge in [-0.2, -0.15) is 14.0 Å². The van der Waals surface area contributed by atoms with Crippen LogP contribution in [0.25, 0.3) is 6.08 Å². The zero-order chi connectivity index (χ0) is 14.4. The van der Waals surface area contributed by atoms with Crippen molar-refractivity contribution in [1.82, 2.24) is 0 Å². The molecule has 1 rings (SSSR count). The van der Waals surface area contributed by atoms with E-state index in [9.17, 15) is 18.4 Å². The Morgan fingerprint density at radius 3 is 2.63 bits per heavy atom. The monoisotopic (exact) mass is 267 g/mol. The highest BCUT2D eigenvalue weighted by Gasteiger charge is 2.15. The molecule has 0 aliphatic rings. The minimum atomic E-state index is -3.13. The lowest BCUT2D eigenvalue weighted by Gasteiger charge is -2.09. The van der Waals surface area contributed by atoms with E-state index in [1.54, 1.807) is 6.07 Å². The molecule has 19 heavy (non-hydrogen) atoms. The van der Waals surface area contributed by atoms with Crippen LogP contribution >= 0.6 is 0 Å². The zero-order valence-electron chi connectivity index (χ0n) is 9.34. The molecule has 1 aromatic rings. The number of aldehydes is 1. The standard InChI is InChI=1S/C12H7F2NO4/c13-12(14)19-10-3-1-7(2-4-11(17)18)9(6-16)8(10)5-15/h1-4,6,12H,(H,17,18)/b4-2+. The first kappa shape index (κ1) is 14.3. The molecular weight excluding hydrogens is 260 g/mol. The third-order valence-electron chi connectivity index (χ3n) is 2.09. The van der Waals surface area contributed by atoms with Crippen LogP contribution in [0.5, 0.6) is 5.75 Å². The van der Waals surface area contributed by atoms with Gasteiger partial charge in [0.05, 0.1) is 0 Å². The lowest BCUT2D eigenvalue weighted by Crippen LogP contribution is -2.05. The van der Waals surface area contributed by atoms with E-state index in [2.05, 4.69) is 4.74 Å². The summed E-state index contributed by atoms with van der Waals surface area (Å²) < 4.78 is 28.3. The largest absolute Gasteiger partial charge is 0.478 e. The Bertz CT molecular complexity index is 576. The molecule has 0 heterocycles. The number of hydrogen-bond acceptors (Lipinski definition) is 4. The Kier molecular flexibility index (Phi) is 4.71. The van der Waals surface area contributed by atoms with Crippen LogP contribution < -0.4 is 4.74 Å². The van der Waals surface area contributed by atoms with E-state index in [-0.39, 0.29) is 23.0 Å². The molecule has 5 nitrogen and oxygen atoms in total. The van der Waals surface area contributed by atoms with E-state index in [1.807, 2.05) is 0 Å². The molecule has 0 saturated carbocycles. The number of nitriles is 1. The average molecular weight is 267 g/mol. The fourth-order valence-electron chi connectivity index (χ4n) is 1.36. The second-order valence-corrected chi connectivity index (χ2v) is 3.22. The van der Waals surface area contributed by atoms with Gasteiger partial charge >= 0.3 is 12.6 Å². The number of rotatable bonds is 5. The molecule has 7 heteroatoms. The topological polar surface area (TPSA) is 87.4 Å². The van der Waals surface area contributed by atoms with Crippen LogP contribution in [0.15, 0.2) is 18.2 Å². The molecule has 0 aromatic heterocycles. The van der Waals surface area contributed by atoms with E-state index in [0.717, 1.165) is 18.2 Å². The normalized spacial score (nSPS) is 10.4. The van der Waals surface area contributed by atoms with Crippen molar-refractivity contribution < 1.29 is 28.2 Å². The summed E-state index contributed by atoms with van der Waals surface area (Å²) in [4.78, 5) is 21.3. The second kappa shape index (κ2) is 6.26. The molecule has 0 saturated heterocycles. The first-order valence-electron chi connectivity index (χ1n) is 4.87. The summed E-state index contributed by atoms with van der Waals surface area (Å²) in [6, 6.07) is 3.86. The van der Waals surface area contributed by atoms with Gasteiger partial charge in [0.15, 0.2) is 6.29 Å². The Balaban J connectivity index is 3.35. The molecule has 0 atom stereocenters. The number of halogens is 2. The summed E-state index contributed by atoms with van der Waals surface area (Å²) in [6.45, 7) is -3.13. The van der Waals surface area contributed by atoms with Crippen molar-refractivity contribution in [3.63, 3.8) is 0 Å². The van der Waals surface area contributed by atoms with Crippen molar-refractivity contribution in [2.75, 3.05) is 0 Å². The summed E-state index contributed by atoms with van der Waals surface area (Å²) in [6.07, 6.45) is 2.12. The molecule has 1 N–H and O–H groups in total. The van der Waals surface area contributed by atoms with Gasteiger partial charge in [0.25, 0.3) is 0 Å². The van der Waals surface area contributed by atoms with Gasteiger partial charge in [-0.25, -0.2) is 4.79 Å². The molecule has 98 valence electrons. The van der Waals surface area contributed by atoms with Crippen LogP contribution in [-0.2, 0) is 4.79 Å². The Morgan fingerprint density at radius 1 is 1.47 bits per heavy atom. The Labute approximate surface area is 106 Å². The number of ether oxygens (including phenoxy) is 1. The fraction of sp³-hybridized carbons (Fsp3) is 0.0833. The van der Waals surface area contributed by atoms with Gasteiger partial charge in [0.1, 0.15) is 17.4 Å². The number of carbonyl (C=O) groups is 2. The number of carboxylic acids is 1. The lowest BCUT2D eigenvalue weighted by molar-refractivity contribution is -0.131. The van der Waals surface area contributed by atoms with E-state index >= 15 is 0 Å². The van der Waals surface area contributed by atoms with Gasteiger partial charge in [-0.3, -0.25) is 4.79 Å². The number of carboxylic acid groups (broad SMARTS) is 1. The molecule has 1 aromatic carbocycles. The van der Waals surface area contributed by atoms with Gasteiger partial charge in [-0.1, -0.05) is 6.07 Å². The summed E-state index contributed by atoms with van der Waals surface area (Å²) in [5.74, 6) is -1.68. The molecule has 0 radical (unpaired) electrons. The van der Waals surface area contributed by atoms with Gasteiger partial charge in [0.2, 0.25) is 0 Å². The number of carbonyl (C=O) groups excluding carboxylic acids is 1. The number of nitrogens with zero attached hydrogens (tertiary/aromatic N) is 1. The van der Waals surface area contributed by atoms with Crippen LogP contribution in [0, 0.1) is 11.3 Å². The number of alkyl halides is 2. The first-order chi connectivity index (χ1) is 8.99. The quantitative estimate of drug-likeness (QED) is 0.651. The predicted octanol–water partition coefficient (Wildman–Crippen LogP) is 2.07. The minimum absolute atomic E-state index is 0.121. The van der Waals surface area contributed by atoms with Gasteiger partial charge in [-0.05, 0) is 17.7 Å². The SMILES string of the molecule is N#Cc1c(OC(F)F)ccc(/C=C/C(=O)O)c1C=O. The Hall–Kier alpha value is -2.75. The summed E-state index contributed by atoms with van der Waals surface area (Å²) in [5, 5.41) is 17.3. The van der Waals surface area contributed by atoms with Gasteiger partial charge in [-0.15, -0.1) is 0 Å². The zero-order valence-corrected chi connectivity index (χ0v) is 9.34. The fourth-order valence-corrected chi connectivity index (χ4v) is 1.36.